The quantitative estimate of drug-likeness (QED) is 0.559. The molecule has 1 aliphatic rings. The van der Waals surface area contributed by atoms with Crippen LogP contribution in [0, 0.1) is 0 Å². The van der Waals surface area contributed by atoms with Crippen LogP contribution in [0.15, 0.2) is 24.3 Å². The molecule has 0 bridgehead atoms. The summed E-state index contributed by atoms with van der Waals surface area (Å²) < 4.78 is 10.7. The van der Waals surface area contributed by atoms with E-state index in [0.29, 0.717) is 19.8 Å². The first kappa shape index (κ1) is 6.68. The monoisotopic (exact) mass is 150 g/mol. The van der Waals surface area contributed by atoms with E-state index in [-0.39, 0.29) is 0 Å². The van der Waals surface area contributed by atoms with Crippen molar-refractivity contribution in [3.63, 3.8) is 0 Å². The third-order valence-electron chi connectivity index (χ3n) is 1.72. The molecule has 0 unspecified atom stereocenters. The van der Waals surface area contributed by atoms with E-state index in [9.17, 15) is 0 Å². The molecule has 1 heterocycles. The van der Waals surface area contributed by atoms with E-state index in [2.05, 4.69) is 0 Å². The third kappa shape index (κ3) is 1.35. The molecule has 2 heteroatoms. The van der Waals surface area contributed by atoms with Crippen molar-refractivity contribution < 1.29 is 9.47 Å². The molecule has 1 aliphatic heterocycles. The van der Waals surface area contributed by atoms with Crippen LogP contribution in [0.3, 0.4) is 0 Å². The Labute approximate surface area is 65.7 Å². The van der Waals surface area contributed by atoms with Crippen molar-refractivity contribution in [1.82, 2.24) is 0 Å². The molecule has 0 saturated carbocycles. The van der Waals surface area contributed by atoms with Crippen LogP contribution in [0.5, 0.6) is 5.75 Å². The first-order valence-corrected chi connectivity index (χ1v) is 3.75. The average molecular weight is 150 g/mol. The predicted octanol–water partition coefficient (Wildman–Crippen LogP) is 1.60. The van der Waals surface area contributed by atoms with E-state index in [1.807, 2.05) is 24.3 Å². The van der Waals surface area contributed by atoms with Gasteiger partial charge in [0.1, 0.15) is 12.4 Å². The molecule has 0 fully saturated rings. The maximum Gasteiger partial charge on any atom is 0.124 e. The molecule has 58 valence electrons. The molecule has 0 spiro atoms. The Morgan fingerprint density at radius 3 is 3.00 bits per heavy atom. The summed E-state index contributed by atoms with van der Waals surface area (Å²) in [5.74, 6) is 0.963. The zero-order valence-electron chi connectivity index (χ0n) is 6.25. The first-order chi connectivity index (χ1) is 5.47. The summed E-state index contributed by atoms with van der Waals surface area (Å²) in [6.45, 7) is 2.03. The minimum atomic E-state index is 0.664. The fourth-order valence-electron chi connectivity index (χ4n) is 1.16. The normalized spacial score (nSPS) is 16.4. The second-order valence-electron chi connectivity index (χ2n) is 2.51. The lowest BCUT2D eigenvalue weighted by Crippen LogP contribution is -2.00. The number of fused-ring (bicyclic) bond motifs is 1. The second-order valence-corrected chi connectivity index (χ2v) is 2.51. The van der Waals surface area contributed by atoms with Crippen LogP contribution >= 0.6 is 0 Å². The zero-order chi connectivity index (χ0) is 7.52. The Balaban J connectivity index is 2.33. The van der Waals surface area contributed by atoms with Crippen molar-refractivity contribution in [3.05, 3.63) is 29.8 Å². The highest BCUT2D eigenvalue weighted by atomic mass is 16.5. The zero-order valence-corrected chi connectivity index (χ0v) is 6.25. The summed E-state index contributed by atoms with van der Waals surface area (Å²) in [6, 6.07) is 7.98. The Kier molecular flexibility index (Phi) is 1.78. The van der Waals surface area contributed by atoms with Gasteiger partial charge in [0.15, 0.2) is 0 Å². The molecule has 1 aromatic carbocycles. The number of benzene rings is 1. The van der Waals surface area contributed by atoms with Gasteiger partial charge >= 0.3 is 0 Å². The summed E-state index contributed by atoms with van der Waals surface area (Å²) in [5.41, 5.74) is 1.14. The number of hydrogen-bond donors (Lipinski definition) is 0. The lowest BCUT2D eigenvalue weighted by atomic mass is 10.2. The number of hydrogen-bond acceptors (Lipinski definition) is 2. The first-order valence-electron chi connectivity index (χ1n) is 3.75. The van der Waals surface area contributed by atoms with Gasteiger partial charge in [0.2, 0.25) is 0 Å². The Morgan fingerprint density at radius 2 is 2.00 bits per heavy atom. The van der Waals surface area contributed by atoms with Gasteiger partial charge in [-0.3, -0.25) is 0 Å². The van der Waals surface area contributed by atoms with Gasteiger partial charge in [-0.05, 0) is 6.07 Å². The van der Waals surface area contributed by atoms with E-state index in [1.165, 1.54) is 0 Å². The van der Waals surface area contributed by atoms with Crippen LogP contribution in [0.4, 0.5) is 0 Å². The molecular weight excluding hydrogens is 140 g/mol. The van der Waals surface area contributed by atoms with Gasteiger partial charge in [-0.25, -0.2) is 0 Å². The molecule has 0 atom stereocenters. The number of ether oxygens (including phenoxy) is 2. The van der Waals surface area contributed by atoms with E-state index < -0.39 is 0 Å². The minimum Gasteiger partial charge on any atom is -0.491 e. The van der Waals surface area contributed by atoms with Gasteiger partial charge < -0.3 is 9.47 Å². The fourth-order valence-corrected chi connectivity index (χ4v) is 1.16. The van der Waals surface area contributed by atoms with E-state index in [4.69, 9.17) is 9.47 Å². The van der Waals surface area contributed by atoms with E-state index in [1.54, 1.807) is 0 Å². The maximum atomic E-state index is 5.42. The Hall–Kier alpha value is -1.02. The Morgan fingerprint density at radius 1 is 1.09 bits per heavy atom. The molecule has 2 rings (SSSR count). The molecule has 1 aromatic rings. The summed E-state index contributed by atoms with van der Waals surface area (Å²) in [5, 5.41) is 0. The number of para-hydroxylation sites is 1. The highest BCUT2D eigenvalue weighted by Gasteiger charge is 2.06. The van der Waals surface area contributed by atoms with Crippen molar-refractivity contribution in [2.45, 2.75) is 6.61 Å². The summed E-state index contributed by atoms with van der Waals surface area (Å²) >= 11 is 0. The fraction of sp³-hybridized carbons (Fsp3) is 0.333. The largest absolute Gasteiger partial charge is 0.491 e. The van der Waals surface area contributed by atoms with Crippen molar-refractivity contribution in [3.8, 4) is 5.75 Å². The molecule has 11 heavy (non-hydrogen) atoms. The smallest absolute Gasteiger partial charge is 0.124 e. The predicted molar refractivity (Wildman–Crippen MR) is 41.6 cm³/mol. The molecule has 0 aromatic heterocycles. The van der Waals surface area contributed by atoms with Crippen LogP contribution in [0.2, 0.25) is 0 Å². The van der Waals surface area contributed by atoms with Crippen LogP contribution in [-0.4, -0.2) is 13.2 Å². The highest BCUT2D eigenvalue weighted by Crippen LogP contribution is 2.20. The van der Waals surface area contributed by atoms with Crippen molar-refractivity contribution >= 4 is 0 Å². The van der Waals surface area contributed by atoms with E-state index in [0.717, 1.165) is 11.3 Å². The van der Waals surface area contributed by atoms with Gasteiger partial charge in [0, 0.05) is 5.56 Å². The maximum absolute atomic E-state index is 5.42. The van der Waals surface area contributed by atoms with Gasteiger partial charge in [-0.1, -0.05) is 18.2 Å². The van der Waals surface area contributed by atoms with Crippen LogP contribution in [0.1, 0.15) is 5.56 Å². The summed E-state index contributed by atoms with van der Waals surface area (Å²) in [6.07, 6.45) is 0. The summed E-state index contributed by atoms with van der Waals surface area (Å²) in [4.78, 5) is 0. The highest BCUT2D eigenvalue weighted by molar-refractivity contribution is 5.32. The van der Waals surface area contributed by atoms with Crippen molar-refractivity contribution in [2.75, 3.05) is 13.2 Å². The molecule has 0 saturated heterocycles. The molecular formula is C9H10O2. The van der Waals surface area contributed by atoms with Crippen molar-refractivity contribution in [2.24, 2.45) is 0 Å². The third-order valence-corrected chi connectivity index (χ3v) is 1.72. The molecule has 0 radical (unpaired) electrons. The van der Waals surface area contributed by atoms with Gasteiger partial charge in [0.05, 0.1) is 13.2 Å². The summed E-state index contributed by atoms with van der Waals surface area (Å²) in [7, 11) is 0. The topological polar surface area (TPSA) is 18.5 Å². The van der Waals surface area contributed by atoms with Gasteiger partial charge in [-0.2, -0.15) is 0 Å². The molecule has 2 nitrogen and oxygen atoms in total. The average Bonchev–Trinajstić information content (AvgIpc) is 2.28. The SMILES string of the molecule is c1ccc2c(c1)COCCO2. The molecule has 0 amide bonds. The van der Waals surface area contributed by atoms with Gasteiger partial charge in [-0.15, -0.1) is 0 Å². The minimum absolute atomic E-state index is 0.664. The lowest BCUT2D eigenvalue weighted by Gasteiger charge is -2.03. The van der Waals surface area contributed by atoms with Crippen LogP contribution in [-0.2, 0) is 11.3 Å². The van der Waals surface area contributed by atoms with Crippen LogP contribution in [0.25, 0.3) is 0 Å². The second kappa shape index (κ2) is 2.93. The van der Waals surface area contributed by atoms with Crippen molar-refractivity contribution in [1.29, 1.82) is 0 Å². The number of rotatable bonds is 0. The Bertz CT molecular complexity index is 220. The van der Waals surface area contributed by atoms with E-state index >= 15 is 0 Å². The van der Waals surface area contributed by atoms with Crippen LogP contribution < -0.4 is 4.74 Å². The molecule has 0 aliphatic carbocycles. The lowest BCUT2D eigenvalue weighted by molar-refractivity contribution is 0.107. The standard InChI is InChI=1S/C9H10O2/c1-2-4-9-8(3-1)7-10-5-6-11-9/h1-4H,5-7H2. The van der Waals surface area contributed by atoms with Gasteiger partial charge in [0.25, 0.3) is 0 Å². The molecule has 0 N–H and O–H groups in total.